The van der Waals surface area contributed by atoms with Crippen LogP contribution in [0.4, 0.5) is 5.82 Å². The summed E-state index contributed by atoms with van der Waals surface area (Å²) >= 11 is 0. The van der Waals surface area contributed by atoms with Crippen molar-refractivity contribution in [3.8, 4) is 0 Å². The lowest BCUT2D eigenvalue weighted by atomic mass is 10.1. The Morgan fingerprint density at radius 3 is 2.63 bits per heavy atom. The third-order valence-electron chi connectivity index (χ3n) is 3.71. The van der Waals surface area contributed by atoms with Gasteiger partial charge in [0.1, 0.15) is 5.82 Å². The quantitative estimate of drug-likeness (QED) is 0.861. The molecule has 100 valence electrons. The minimum Gasteiger partial charge on any atom is -0.385 e. The highest BCUT2D eigenvalue weighted by atomic mass is 32.2. The molecule has 2 heterocycles. The van der Waals surface area contributed by atoms with Crippen molar-refractivity contribution in [2.24, 2.45) is 0 Å². The maximum absolute atomic E-state index is 12.5. The van der Waals surface area contributed by atoms with Crippen molar-refractivity contribution >= 4 is 27.4 Å². The predicted molar refractivity (Wildman–Crippen MR) is 78.8 cm³/mol. The molecular weight excluding hydrogens is 260 g/mol. The van der Waals surface area contributed by atoms with E-state index < -0.39 is 10.8 Å². The first kappa shape index (κ1) is 12.4. The van der Waals surface area contributed by atoms with Crippen LogP contribution in [0.5, 0.6) is 0 Å². The molecule has 0 bridgehead atoms. The summed E-state index contributed by atoms with van der Waals surface area (Å²) in [6.45, 7) is 0. The maximum Gasteiger partial charge on any atom is 0.260 e. The zero-order valence-electron chi connectivity index (χ0n) is 10.5. The van der Waals surface area contributed by atoms with Gasteiger partial charge in [0.25, 0.3) is 5.56 Å². The molecule has 0 aliphatic carbocycles. The van der Waals surface area contributed by atoms with Crippen molar-refractivity contribution < 1.29 is 4.21 Å². The molecule has 2 N–H and O–H groups in total. The van der Waals surface area contributed by atoms with Gasteiger partial charge in [-0.3, -0.25) is 13.6 Å². The van der Waals surface area contributed by atoms with Gasteiger partial charge in [-0.15, -0.1) is 0 Å². The molecule has 1 aliphatic heterocycles. The van der Waals surface area contributed by atoms with Crippen molar-refractivity contribution in [1.29, 1.82) is 0 Å². The smallest absolute Gasteiger partial charge is 0.260 e. The van der Waals surface area contributed by atoms with Crippen LogP contribution in [0.25, 0.3) is 10.8 Å². The zero-order valence-corrected chi connectivity index (χ0v) is 11.4. The number of aromatic nitrogens is 1. The first-order valence-electron chi connectivity index (χ1n) is 6.41. The Bertz CT molecular complexity index is 698. The van der Waals surface area contributed by atoms with E-state index in [2.05, 4.69) is 0 Å². The first-order chi connectivity index (χ1) is 9.16. The molecule has 0 unspecified atom stereocenters. The summed E-state index contributed by atoms with van der Waals surface area (Å²) in [6, 6.07) is 9.41. The van der Waals surface area contributed by atoms with E-state index in [1.54, 1.807) is 4.57 Å². The van der Waals surface area contributed by atoms with Crippen LogP contribution in [0.15, 0.2) is 35.1 Å². The summed E-state index contributed by atoms with van der Waals surface area (Å²) in [4.78, 5) is 12.5. The molecule has 1 aromatic carbocycles. The molecule has 19 heavy (non-hydrogen) atoms. The number of pyridine rings is 1. The van der Waals surface area contributed by atoms with Crippen LogP contribution in [0.2, 0.25) is 0 Å². The lowest BCUT2D eigenvalue weighted by Crippen LogP contribution is -2.31. The molecule has 1 fully saturated rings. The average molecular weight is 276 g/mol. The lowest BCUT2D eigenvalue weighted by molar-refractivity contribution is 0.458. The van der Waals surface area contributed by atoms with E-state index in [1.807, 2.05) is 30.3 Å². The highest BCUT2D eigenvalue weighted by molar-refractivity contribution is 7.85. The van der Waals surface area contributed by atoms with Crippen molar-refractivity contribution in [2.45, 2.75) is 18.9 Å². The largest absolute Gasteiger partial charge is 0.385 e. The van der Waals surface area contributed by atoms with E-state index in [-0.39, 0.29) is 11.6 Å². The Morgan fingerprint density at radius 2 is 1.89 bits per heavy atom. The minimum atomic E-state index is -0.731. The minimum absolute atomic E-state index is 0.0340. The van der Waals surface area contributed by atoms with Crippen LogP contribution in [0, 0.1) is 0 Å². The Balaban J connectivity index is 2.13. The summed E-state index contributed by atoms with van der Waals surface area (Å²) < 4.78 is 13.1. The molecule has 1 saturated heterocycles. The van der Waals surface area contributed by atoms with Crippen LogP contribution < -0.4 is 11.3 Å². The maximum atomic E-state index is 12.5. The molecule has 1 aromatic heterocycles. The van der Waals surface area contributed by atoms with E-state index in [1.165, 1.54) is 0 Å². The number of anilines is 1. The third-order valence-corrected chi connectivity index (χ3v) is 5.10. The van der Waals surface area contributed by atoms with Crippen LogP contribution in [-0.4, -0.2) is 20.3 Å². The number of nitrogens with two attached hydrogens (primary N) is 1. The van der Waals surface area contributed by atoms with Gasteiger partial charge in [0.2, 0.25) is 0 Å². The number of hydrogen-bond acceptors (Lipinski definition) is 3. The number of nitrogens with zero attached hydrogens (tertiary/aromatic N) is 1. The molecule has 0 radical (unpaired) electrons. The van der Waals surface area contributed by atoms with E-state index >= 15 is 0 Å². The first-order valence-corrected chi connectivity index (χ1v) is 7.90. The normalized spacial score (nSPS) is 23.6. The van der Waals surface area contributed by atoms with Gasteiger partial charge in [-0.25, -0.2) is 0 Å². The summed E-state index contributed by atoms with van der Waals surface area (Å²) in [5.41, 5.74) is 6.01. The van der Waals surface area contributed by atoms with E-state index in [9.17, 15) is 9.00 Å². The van der Waals surface area contributed by atoms with Gasteiger partial charge < -0.3 is 5.73 Å². The van der Waals surface area contributed by atoms with E-state index in [4.69, 9.17) is 5.73 Å². The summed E-state index contributed by atoms with van der Waals surface area (Å²) in [5.74, 6) is 1.81. The van der Waals surface area contributed by atoms with E-state index in [0.29, 0.717) is 22.7 Å². The SMILES string of the molecule is Nc1cc2ccccc2c(=O)n1C1CCS(=O)CC1. The molecule has 1 aliphatic rings. The Labute approximate surface area is 113 Å². The van der Waals surface area contributed by atoms with Crippen molar-refractivity contribution in [2.75, 3.05) is 17.2 Å². The predicted octanol–water partition coefficient (Wildman–Crippen LogP) is 1.67. The third kappa shape index (κ3) is 2.18. The van der Waals surface area contributed by atoms with Gasteiger partial charge in [-0.2, -0.15) is 0 Å². The molecule has 0 amide bonds. The Kier molecular flexibility index (Phi) is 3.14. The number of benzene rings is 1. The van der Waals surface area contributed by atoms with Gasteiger partial charge in [0.15, 0.2) is 0 Å². The van der Waals surface area contributed by atoms with E-state index in [0.717, 1.165) is 18.2 Å². The van der Waals surface area contributed by atoms with Crippen LogP contribution in [0.1, 0.15) is 18.9 Å². The molecule has 5 heteroatoms. The van der Waals surface area contributed by atoms with Crippen molar-refractivity contribution in [3.05, 3.63) is 40.7 Å². The summed E-state index contributed by atoms with van der Waals surface area (Å²) in [5, 5.41) is 1.57. The summed E-state index contributed by atoms with van der Waals surface area (Å²) in [6.07, 6.45) is 1.52. The lowest BCUT2D eigenvalue weighted by Gasteiger charge is -2.25. The number of nitrogen functional groups attached to an aromatic ring is 1. The van der Waals surface area contributed by atoms with Crippen LogP contribution in [-0.2, 0) is 10.8 Å². The van der Waals surface area contributed by atoms with Crippen LogP contribution in [0.3, 0.4) is 0 Å². The number of hydrogen-bond donors (Lipinski definition) is 1. The fraction of sp³-hybridized carbons (Fsp3) is 0.357. The van der Waals surface area contributed by atoms with Gasteiger partial charge in [0, 0.05) is 33.7 Å². The fourth-order valence-corrected chi connectivity index (χ4v) is 3.98. The zero-order chi connectivity index (χ0) is 13.4. The second-order valence-electron chi connectivity index (χ2n) is 4.91. The van der Waals surface area contributed by atoms with Gasteiger partial charge in [0.05, 0.1) is 0 Å². The second-order valence-corrected chi connectivity index (χ2v) is 6.61. The average Bonchev–Trinajstić information content (AvgIpc) is 2.41. The second kappa shape index (κ2) is 4.81. The topological polar surface area (TPSA) is 65.1 Å². The molecule has 0 atom stereocenters. The standard InChI is InChI=1S/C14H16N2O2S/c15-13-9-10-3-1-2-4-12(10)14(17)16(13)11-5-7-19(18)8-6-11/h1-4,9,11H,5-8,15H2. The molecule has 3 rings (SSSR count). The van der Waals surface area contributed by atoms with Gasteiger partial charge >= 0.3 is 0 Å². The highest BCUT2D eigenvalue weighted by Gasteiger charge is 2.22. The highest BCUT2D eigenvalue weighted by Crippen LogP contribution is 2.25. The van der Waals surface area contributed by atoms with Crippen molar-refractivity contribution in [1.82, 2.24) is 4.57 Å². The Morgan fingerprint density at radius 1 is 1.21 bits per heavy atom. The summed E-state index contributed by atoms with van der Waals surface area (Å²) in [7, 11) is -0.731. The van der Waals surface area contributed by atoms with Crippen LogP contribution >= 0.6 is 0 Å². The Hall–Kier alpha value is -1.62. The number of fused-ring (bicyclic) bond motifs is 1. The molecule has 4 nitrogen and oxygen atoms in total. The van der Waals surface area contributed by atoms with Crippen molar-refractivity contribution in [3.63, 3.8) is 0 Å². The molecule has 0 spiro atoms. The molecule has 2 aromatic rings. The van der Waals surface area contributed by atoms with Gasteiger partial charge in [-0.05, 0) is 30.4 Å². The number of rotatable bonds is 1. The molecular formula is C14H16N2O2S. The monoisotopic (exact) mass is 276 g/mol. The molecule has 0 saturated carbocycles. The fourth-order valence-electron chi connectivity index (χ4n) is 2.71. The van der Waals surface area contributed by atoms with Gasteiger partial charge in [-0.1, -0.05) is 18.2 Å².